The molecule has 24 heavy (non-hydrogen) atoms. The van der Waals surface area contributed by atoms with E-state index in [4.69, 9.17) is 4.74 Å². The number of phenolic OH excluding ortho intramolecular Hbond substituents is 1. The fourth-order valence-corrected chi connectivity index (χ4v) is 4.87. The fourth-order valence-electron chi connectivity index (χ4n) is 4.87. The van der Waals surface area contributed by atoms with Crippen LogP contribution in [0.5, 0.6) is 5.75 Å². The van der Waals surface area contributed by atoms with Crippen molar-refractivity contribution >= 4 is 0 Å². The van der Waals surface area contributed by atoms with Crippen LogP contribution in [0, 0.1) is 5.41 Å². The molecule has 1 aliphatic carbocycles. The van der Waals surface area contributed by atoms with Gasteiger partial charge >= 0.3 is 0 Å². The van der Waals surface area contributed by atoms with E-state index < -0.39 is 0 Å². The summed E-state index contributed by atoms with van der Waals surface area (Å²) in [6.07, 6.45) is 4.02. The minimum atomic E-state index is 0.103. The van der Waals surface area contributed by atoms with Crippen molar-refractivity contribution in [2.75, 3.05) is 19.7 Å². The molecule has 2 bridgehead atoms. The molecule has 3 heteroatoms. The van der Waals surface area contributed by atoms with E-state index in [0.717, 1.165) is 31.5 Å². The van der Waals surface area contributed by atoms with Gasteiger partial charge in [-0.1, -0.05) is 39.0 Å². The van der Waals surface area contributed by atoms with Crippen LogP contribution in [0.1, 0.15) is 45.2 Å². The van der Waals surface area contributed by atoms with E-state index in [-0.39, 0.29) is 16.9 Å². The zero-order valence-electron chi connectivity index (χ0n) is 15.5. The lowest BCUT2D eigenvalue weighted by molar-refractivity contribution is -0.0601. The Morgan fingerprint density at radius 1 is 1.42 bits per heavy atom. The van der Waals surface area contributed by atoms with Crippen LogP contribution in [0.2, 0.25) is 0 Å². The van der Waals surface area contributed by atoms with Gasteiger partial charge in [-0.3, -0.25) is 4.90 Å². The molecule has 132 valence electrons. The maximum absolute atomic E-state index is 10.4. The van der Waals surface area contributed by atoms with Crippen LogP contribution in [0.15, 0.2) is 30.9 Å². The summed E-state index contributed by atoms with van der Waals surface area (Å²) in [6, 6.07) is 6.47. The number of rotatable bonds is 5. The number of fused-ring (bicyclic) bond motifs is 4. The lowest BCUT2D eigenvalue weighted by Crippen LogP contribution is -2.64. The van der Waals surface area contributed by atoms with Crippen LogP contribution >= 0.6 is 0 Å². The normalized spacial score (nSPS) is 29.8. The van der Waals surface area contributed by atoms with E-state index in [0.29, 0.717) is 18.4 Å². The van der Waals surface area contributed by atoms with Crippen LogP contribution < -0.4 is 0 Å². The first-order valence-electron chi connectivity index (χ1n) is 9.09. The van der Waals surface area contributed by atoms with Gasteiger partial charge in [0.2, 0.25) is 0 Å². The first kappa shape index (κ1) is 17.5. The van der Waals surface area contributed by atoms with Gasteiger partial charge in [-0.05, 0) is 48.9 Å². The Morgan fingerprint density at radius 3 is 2.88 bits per heavy atom. The summed E-state index contributed by atoms with van der Waals surface area (Å²) < 4.78 is 5.81. The van der Waals surface area contributed by atoms with E-state index in [9.17, 15) is 5.11 Å². The first-order valence-corrected chi connectivity index (χ1v) is 9.09. The van der Waals surface area contributed by atoms with Gasteiger partial charge in [-0.2, -0.15) is 0 Å². The Labute approximate surface area is 146 Å². The summed E-state index contributed by atoms with van der Waals surface area (Å²) in [4.78, 5) is 2.57. The van der Waals surface area contributed by atoms with Crippen LogP contribution in [0.3, 0.4) is 0 Å². The second-order valence-electron chi connectivity index (χ2n) is 8.25. The number of likely N-dealkylation sites (tertiary alicyclic amines) is 1. The molecule has 1 aromatic carbocycles. The summed E-state index contributed by atoms with van der Waals surface area (Å²) >= 11 is 0. The highest BCUT2D eigenvalue weighted by molar-refractivity contribution is 5.48. The zero-order valence-corrected chi connectivity index (χ0v) is 15.5. The SMILES string of the molecule is C=CCO[C@@H](C)CN1CCC2(C)c3cccc(O)c3C[C@@H]1C2(C)C. The van der Waals surface area contributed by atoms with Crippen molar-refractivity contribution < 1.29 is 9.84 Å². The maximum atomic E-state index is 10.4. The smallest absolute Gasteiger partial charge is 0.119 e. The molecule has 1 saturated heterocycles. The molecule has 1 N–H and O–H groups in total. The summed E-state index contributed by atoms with van der Waals surface area (Å²) in [5, 5.41) is 10.4. The Bertz CT molecular complexity index is 624. The third kappa shape index (κ3) is 2.58. The molecule has 3 rings (SSSR count). The van der Waals surface area contributed by atoms with Crippen molar-refractivity contribution in [3.63, 3.8) is 0 Å². The van der Waals surface area contributed by atoms with Crippen molar-refractivity contribution in [1.29, 1.82) is 0 Å². The number of nitrogens with zero attached hydrogens (tertiary/aromatic N) is 1. The van der Waals surface area contributed by atoms with Crippen molar-refractivity contribution in [3.05, 3.63) is 42.0 Å². The number of phenols is 1. The summed E-state index contributed by atoms with van der Waals surface area (Å²) in [5.41, 5.74) is 2.75. The average Bonchev–Trinajstić information content (AvgIpc) is 2.52. The number of hydrogen-bond acceptors (Lipinski definition) is 3. The van der Waals surface area contributed by atoms with Gasteiger partial charge in [0, 0.05) is 18.0 Å². The largest absolute Gasteiger partial charge is 0.508 e. The fraction of sp³-hybridized carbons (Fsp3) is 0.619. The molecule has 1 aliphatic heterocycles. The maximum Gasteiger partial charge on any atom is 0.119 e. The molecule has 1 aromatic rings. The number of aromatic hydroxyl groups is 1. The highest BCUT2D eigenvalue weighted by atomic mass is 16.5. The van der Waals surface area contributed by atoms with Gasteiger partial charge in [0.15, 0.2) is 0 Å². The highest BCUT2D eigenvalue weighted by Gasteiger charge is 2.56. The molecule has 0 amide bonds. The molecule has 1 fully saturated rings. The molecular formula is C21H31NO2. The van der Waals surface area contributed by atoms with Crippen molar-refractivity contribution in [2.45, 2.75) is 58.1 Å². The molecule has 1 unspecified atom stereocenters. The van der Waals surface area contributed by atoms with Gasteiger partial charge in [0.25, 0.3) is 0 Å². The van der Waals surface area contributed by atoms with Crippen molar-refractivity contribution in [2.24, 2.45) is 5.41 Å². The molecule has 0 spiro atoms. The number of ether oxygens (including phenoxy) is 1. The quantitative estimate of drug-likeness (QED) is 0.832. The molecule has 0 saturated carbocycles. The van der Waals surface area contributed by atoms with E-state index in [1.165, 1.54) is 5.56 Å². The van der Waals surface area contributed by atoms with Crippen LogP contribution in [-0.2, 0) is 16.6 Å². The first-order chi connectivity index (χ1) is 11.3. The van der Waals surface area contributed by atoms with Crippen LogP contribution in [-0.4, -0.2) is 41.8 Å². The molecule has 3 nitrogen and oxygen atoms in total. The Kier molecular flexibility index (Phi) is 4.52. The van der Waals surface area contributed by atoms with Gasteiger partial charge in [-0.15, -0.1) is 6.58 Å². The molecule has 2 aliphatic rings. The van der Waals surface area contributed by atoms with Crippen molar-refractivity contribution in [1.82, 2.24) is 4.90 Å². The van der Waals surface area contributed by atoms with E-state index in [1.54, 1.807) is 0 Å². The van der Waals surface area contributed by atoms with Crippen LogP contribution in [0.25, 0.3) is 0 Å². The number of piperidine rings is 1. The summed E-state index contributed by atoms with van der Waals surface area (Å²) in [6.45, 7) is 15.7. The van der Waals surface area contributed by atoms with Gasteiger partial charge < -0.3 is 9.84 Å². The minimum Gasteiger partial charge on any atom is -0.508 e. The molecule has 3 atom stereocenters. The molecular weight excluding hydrogens is 298 g/mol. The van der Waals surface area contributed by atoms with Gasteiger partial charge in [0.1, 0.15) is 5.75 Å². The van der Waals surface area contributed by atoms with E-state index >= 15 is 0 Å². The molecule has 0 aromatic heterocycles. The summed E-state index contributed by atoms with van der Waals surface area (Å²) in [5.74, 6) is 0.456. The third-order valence-electron chi connectivity index (χ3n) is 6.73. The minimum absolute atomic E-state index is 0.103. The topological polar surface area (TPSA) is 32.7 Å². The Morgan fingerprint density at radius 2 is 2.17 bits per heavy atom. The van der Waals surface area contributed by atoms with E-state index in [1.807, 2.05) is 18.2 Å². The molecule has 1 heterocycles. The number of benzene rings is 1. The predicted octanol–water partition coefficient (Wildman–Crippen LogP) is 3.90. The van der Waals surface area contributed by atoms with Crippen molar-refractivity contribution in [3.8, 4) is 5.75 Å². The standard InChI is InChI=1S/C21H31NO2/c1-6-12-24-15(2)14-22-11-10-21(5)17-8-7-9-18(23)16(17)13-19(22)20(21,3)4/h6-9,15,19,23H,1,10-14H2,2-5H3/t15-,19+,21?/m0/s1. The number of hydrogen-bond donors (Lipinski definition) is 1. The lowest BCUT2D eigenvalue weighted by atomic mass is 9.51. The Hall–Kier alpha value is -1.32. The monoisotopic (exact) mass is 329 g/mol. The van der Waals surface area contributed by atoms with E-state index in [2.05, 4.69) is 45.2 Å². The highest BCUT2D eigenvalue weighted by Crippen LogP contribution is 2.57. The average molecular weight is 329 g/mol. The second-order valence-corrected chi connectivity index (χ2v) is 8.25. The van der Waals surface area contributed by atoms with Crippen LogP contribution in [0.4, 0.5) is 0 Å². The lowest BCUT2D eigenvalue weighted by Gasteiger charge is -2.61. The zero-order chi connectivity index (χ0) is 17.5. The molecule has 0 radical (unpaired) electrons. The third-order valence-corrected chi connectivity index (χ3v) is 6.73. The second kappa shape index (κ2) is 6.20. The Balaban J connectivity index is 1.92. The van der Waals surface area contributed by atoms with Gasteiger partial charge in [0.05, 0.1) is 12.7 Å². The summed E-state index contributed by atoms with van der Waals surface area (Å²) in [7, 11) is 0. The predicted molar refractivity (Wildman–Crippen MR) is 98.5 cm³/mol. The van der Waals surface area contributed by atoms with Gasteiger partial charge in [-0.25, -0.2) is 0 Å².